The molecule has 27 heavy (non-hydrogen) atoms. The zero-order chi connectivity index (χ0) is 18.5. The Labute approximate surface area is 174 Å². The molecule has 1 atom stereocenters. The molecule has 6 nitrogen and oxygen atoms in total. The quantitative estimate of drug-likeness (QED) is 0.406. The van der Waals surface area contributed by atoms with E-state index in [0.29, 0.717) is 31.7 Å². The molecular formula is C18H24F2IN5O. The molecule has 0 bridgehead atoms. The van der Waals surface area contributed by atoms with Crippen molar-refractivity contribution in [3.05, 3.63) is 53.4 Å². The Bertz CT molecular complexity index is 763. The van der Waals surface area contributed by atoms with Gasteiger partial charge in [0.2, 0.25) is 0 Å². The Balaban J connectivity index is 0.00000261. The molecular weight excluding hydrogens is 467 g/mol. The van der Waals surface area contributed by atoms with Gasteiger partial charge < -0.3 is 15.0 Å². The van der Waals surface area contributed by atoms with Crippen LogP contribution in [0.3, 0.4) is 0 Å². The molecule has 3 rings (SSSR count). The number of aromatic nitrogens is 2. The van der Waals surface area contributed by atoms with Crippen molar-refractivity contribution in [2.75, 3.05) is 33.3 Å². The predicted octanol–water partition coefficient (Wildman–Crippen LogP) is 2.51. The summed E-state index contributed by atoms with van der Waals surface area (Å²) in [4.78, 5) is 6.44. The summed E-state index contributed by atoms with van der Waals surface area (Å²) in [7, 11) is 3.60. The van der Waals surface area contributed by atoms with Crippen LogP contribution in [0.15, 0.2) is 35.6 Å². The van der Waals surface area contributed by atoms with Crippen LogP contribution in [0, 0.1) is 11.6 Å². The summed E-state index contributed by atoms with van der Waals surface area (Å²) in [5.74, 6) is -0.368. The second-order valence-corrected chi connectivity index (χ2v) is 6.25. The van der Waals surface area contributed by atoms with Gasteiger partial charge in [0, 0.05) is 45.0 Å². The average molecular weight is 491 g/mol. The van der Waals surface area contributed by atoms with Crippen LogP contribution >= 0.6 is 24.0 Å². The van der Waals surface area contributed by atoms with E-state index >= 15 is 0 Å². The molecule has 0 spiro atoms. The molecule has 1 aliphatic rings. The number of ether oxygens (including phenoxy) is 1. The SMILES string of the molecule is CN=C(NCCc1cc(F)cc(F)c1)N1CCOC(c2cnn(C)c2)C1.I. The molecule has 0 aliphatic carbocycles. The van der Waals surface area contributed by atoms with E-state index in [4.69, 9.17) is 4.74 Å². The normalized spacial score (nSPS) is 17.6. The second kappa shape index (κ2) is 9.98. The van der Waals surface area contributed by atoms with Crippen molar-refractivity contribution >= 4 is 29.9 Å². The van der Waals surface area contributed by atoms with E-state index in [9.17, 15) is 8.78 Å². The first kappa shape index (κ1) is 21.5. The Morgan fingerprint density at radius 1 is 1.33 bits per heavy atom. The van der Waals surface area contributed by atoms with Crippen molar-refractivity contribution in [2.45, 2.75) is 12.5 Å². The first-order valence-corrected chi connectivity index (χ1v) is 8.56. The second-order valence-electron chi connectivity index (χ2n) is 6.25. The van der Waals surface area contributed by atoms with Crippen LogP contribution in [0.1, 0.15) is 17.2 Å². The summed E-state index contributed by atoms with van der Waals surface area (Å²) in [5.41, 5.74) is 1.64. The summed E-state index contributed by atoms with van der Waals surface area (Å²) in [6.45, 7) is 2.52. The van der Waals surface area contributed by atoms with E-state index in [0.717, 1.165) is 24.1 Å². The molecule has 1 aromatic carbocycles. The van der Waals surface area contributed by atoms with Gasteiger partial charge in [-0.1, -0.05) is 0 Å². The smallest absolute Gasteiger partial charge is 0.193 e. The fourth-order valence-electron chi connectivity index (χ4n) is 3.06. The van der Waals surface area contributed by atoms with Crippen molar-refractivity contribution in [3.63, 3.8) is 0 Å². The molecule has 0 amide bonds. The fraction of sp³-hybridized carbons (Fsp3) is 0.444. The minimum Gasteiger partial charge on any atom is -0.370 e. The summed E-state index contributed by atoms with van der Waals surface area (Å²) in [6.07, 6.45) is 4.20. The zero-order valence-corrected chi connectivity index (χ0v) is 17.7. The number of hydrogen-bond acceptors (Lipinski definition) is 3. The molecule has 1 aliphatic heterocycles. The third-order valence-electron chi connectivity index (χ3n) is 4.29. The van der Waals surface area contributed by atoms with Gasteiger partial charge >= 0.3 is 0 Å². The minimum absolute atomic E-state index is 0. The number of rotatable bonds is 4. The summed E-state index contributed by atoms with van der Waals surface area (Å²) >= 11 is 0. The van der Waals surface area contributed by atoms with Crippen LogP contribution < -0.4 is 5.32 Å². The number of hydrogen-bond donors (Lipinski definition) is 1. The number of benzene rings is 1. The predicted molar refractivity (Wildman–Crippen MR) is 110 cm³/mol. The Kier molecular flexibility index (Phi) is 7.96. The first-order chi connectivity index (χ1) is 12.5. The maximum absolute atomic E-state index is 13.3. The lowest BCUT2D eigenvalue weighted by Crippen LogP contribution is -2.48. The first-order valence-electron chi connectivity index (χ1n) is 8.56. The maximum Gasteiger partial charge on any atom is 0.193 e. The van der Waals surface area contributed by atoms with Gasteiger partial charge in [-0.15, -0.1) is 24.0 Å². The Hall–Kier alpha value is -1.75. The van der Waals surface area contributed by atoms with Gasteiger partial charge in [-0.2, -0.15) is 5.10 Å². The molecule has 148 valence electrons. The molecule has 1 N–H and O–H groups in total. The lowest BCUT2D eigenvalue weighted by atomic mass is 10.1. The fourth-order valence-corrected chi connectivity index (χ4v) is 3.06. The highest BCUT2D eigenvalue weighted by Gasteiger charge is 2.25. The van der Waals surface area contributed by atoms with E-state index in [2.05, 4.69) is 20.3 Å². The number of aliphatic imine (C=N–C) groups is 1. The van der Waals surface area contributed by atoms with E-state index < -0.39 is 11.6 Å². The molecule has 1 saturated heterocycles. The summed E-state index contributed by atoms with van der Waals surface area (Å²) in [5, 5.41) is 7.45. The molecule has 0 radical (unpaired) electrons. The number of nitrogens with one attached hydrogen (secondary N) is 1. The van der Waals surface area contributed by atoms with Crippen LogP contribution in [0.5, 0.6) is 0 Å². The number of nitrogens with zero attached hydrogens (tertiary/aromatic N) is 4. The molecule has 1 aromatic heterocycles. The highest BCUT2D eigenvalue weighted by Crippen LogP contribution is 2.21. The number of halogens is 3. The van der Waals surface area contributed by atoms with Crippen LogP contribution in [0.4, 0.5) is 8.78 Å². The monoisotopic (exact) mass is 491 g/mol. The van der Waals surface area contributed by atoms with Crippen molar-refractivity contribution in [2.24, 2.45) is 12.0 Å². The van der Waals surface area contributed by atoms with Gasteiger partial charge in [0.25, 0.3) is 0 Å². The van der Waals surface area contributed by atoms with Gasteiger partial charge in [0.05, 0.1) is 19.3 Å². The molecule has 2 heterocycles. The average Bonchev–Trinajstić information content (AvgIpc) is 3.04. The summed E-state index contributed by atoms with van der Waals surface area (Å²) in [6, 6.07) is 3.57. The largest absolute Gasteiger partial charge is 0.370 e. The lowest BCUT2D eigenvalue weighted by Gasteiger charge is -2.34. The van der Waals surface area contributed by atoms with Gasteiger partial charge in [-0.3, -0.25) is 9.67 Å². The summed E-state index contributed by atoms with van der Waals surface area (Å²) < 4.78 is 34.1. The van der Waals surface area contributed by atoms with E-state index in [1.807, 2.05) is 19.4 Å². The standard InChI is InChI=1S/C18H23F2N5O.HI/c1-21-18(22-4-3-13-7-15(19)9-16(20)8-13)25-5-6-26-17(12-25)14-10-23-24(2)11-14;/h7-11,17H,3-6,12H2,1-2H3,(H,21,22);1H. The minimum atomic E-state index is -0.558. The van der Waals surface area contributed by atoms with Gasteiger partial charge in [0.15, 0.2) is 5.96 Å². The van der Waals surface area contributed by atoms with Crippen molar-refractivity contribution < 1.29 is 13.5 Å². The van der Waals surface area contributed by atoms with Crippen LogP contribution in [0.25, 0.3) is 0 Å². The number of guanidine groups is 1. The van der Waals surface area contributed by atoms with Crippen molar-refractivity contribution in [1.82, 2.24) is 20.0 Å². The third-order valence-corrected chi connectivity index (χ3v) is 4.29. The Morgan fingerprint density at radius 3 is 2.70 bits per heavy atom. The molecule has 1 fully saturated rings. The van der Waals surface area contributed by atoms with Crippen LogP contribution in [0.2, 0.25) is 0 Å². The van der Waals surface area contributed by atoms with Crippen molar-refractivity contribution in [3.8, 4) is 0 Å². The highest BCUT2D eigenvalue weighted by atomic mass is 127. The number of morpholine rings is 1. The van der Waals surface area contributed by atoms with E-state index in [1.54, 1.807) is 11.7 Å². The van der Waals surface area contributed by atoms with Crippen molar-refractivity contribution in [1.29, 1.82) is 0 Å². The van der Waals surface area contributed by atoms with Crippen LogP contribution in [-0.4, -0.2) is 53.9 Å². The third kappa shape index (κ3) is 5.86. The molecule has 0 saturated carbocycles. The number of aryl methyl sites for hydroxylation is 1. The van der Waals surface area contributed by atoms with E-state index in [1.165, 1.54) is 12.1 Å². The van der Waals surface area contributed by atoms with Gasteiger partial charge in [-0.25, -0.2) is 8.78 Å². The topological polar surface area (TPSA) is 54.7 Å². The maximum atomic E-state index is 13.3. The molecule has 1 unspecified atom stereocenters. The Morgan fingerprint density at radius 2 is 2.07 bits per heavy atom. The van der Waals surface area contributed by atoms with Crippen LogP contribution in [-0.2, 0) is 18.2 Å². The van der Waals surface area contributed by atoms with Gasteiger partial charge in [0.1, 0.15) is 17.7 Å². The zero-order valence-electron chi connectivity index (χ0n) is 15.4. The lowest BCUT2D eigenvalue weighted by molar-refractivity contribution is -0.00800. The highest BCUT2D eigenvalue weighted by molar-refractivity contribution is 14.0. The van der Waals surface area contributed by atoms with Gasteiger partial charge in [-0.05, 0) is 24.1 Å². The van der Waals surface area contributed by atoms with E-state index in [-0.39, 0.29) is 30.1 Å². The molecule has 9 heteroatoms. The molecule has 2 aromatic rings.